The van der Waals surface area contributed by atoms with Crippen LogP contribution in [0.3, 0.4) is 0 Å². The molecule has 2 N–H and O–H groups in total. The van der Waals surface area contributed by atoms with E-state index >= 15 is 0 Å². The SMILES string of the molecule is CC1Cn2nc(N)nc2O1. The van der Waals surface area contributed by atoms with Crippen LogP contribution in [0.1, 0.15) is 6.92 Å². The number of nitrogen functional groups attached to an aromatic ring is 1. The van der Waals surface area contributed by atoms with E-state index in [1.807, 2.05) is 6.92 Å². The third kappa shape index (κ3) is 0.632. The molecule has 2 rings (SSSR count). The first kappa shape index (κ1) is 5.52. The smallest absolute Gasteiger partial charge is 0.317 e. The standard InChI is InChI=1S/C5H8N4O/c1-3-2-9-5(10-3)7-4(6)8-9/h3H,2H2,1H3,(H2,6,8). The van der Waals surface area contributed by atoms with Crippen LogP contribution in [0, 0.1) is 0 Å². The van der Waals surface area contributed by atoms with Gasteiger partial charge in [0.1, 0.15) is 6.10 Å². The van der Waals surface area contributed by atoms with Crippen molar-refractivity contribution in [1.29, 1.82) is 0 Å². The van der Waals surface area contributed by atoms with Gasteiger partial charge in [0, 0.05) is 0 Å². The fourth-order valence-corrected chi connectivity index (χ4v) is 1.01. The van der Waals surface area contributed by atoms with Gasteiger partial charge in [0.25, 0.3) is 0 Å². The van der Waals surface area contributed by atoms with Crippen LogP contribution in [0.2, 0.25) is 0 Å². The number of nitrogens with zero attached hydrogens (tertiary/aromatic N) is 3. The van der Waals surface area contributed by atoms with E-state index in [0.29, 0.717) is 6.01 Å². The van der Waals surface area contributed by atoms with E-state index < -0.39 is 0 Å². The van der Waals surface area contributed by atoms with Crippen molar-refractivity contribution in [1.82, 2.24) is 14.8 Å². The maximum atomic E-state index is 5.31. The van der Waals surface area contributed by atoms with E-state index in [0.717, 1.165) is 6.54 Å². The second-order valence-corrected chi connectivity index (χ2v) is 2.36. The highest BCUT2D eigenvalue weighted by Gasteiger charge is 2.21. The molecule has 0 aromatic carbocycles. The molecule has 0 radical (unpaired) electrons. The minimum absolute atomic E-state index is 0.176. The number of hydrogen-bond donors (Lipinski definition) is 1. The number of nitrogens with two attached hydrogens (primary N) is 1. The fourth-order valence-electron chi connectivity index (χ4n) is 1.01. The Morgan fingerprint density at radius 3 is 3.30 bits per heavy atom. The van der Waals surface area contributed by atoms with Crippen molar-refractivity contribution in [2.24, 2.45) is 0 Å². The summed E-state index contributed by atoms with van der Waals surface area (Å²) in [5.41, 5.74) is 5.31. The van der Waals surface area contributed by atoms with Crippen LogP contribution >= 0.6 is 0 Å². The summed E-state index contributed by atoms with van der Waals surface area (Å²) >= 11 is 0. The molecular weight excluding hydrogens is 132 g/mol. The number of fused-ring (bicyclic) bond motifs is 1. The highest BCUT2D eigenvalue weighted by atomic mass is 16.5. The second-order valence-electron chi connectivity index (χ2n) is 2.36. The lowest BCUT2D eigenvalue weighted by molar-refractivity contribution is 0.245. The third-order valence-corrected chi connectivity index (χ3v) is 1.39. The van der Waals surface area contributed by atoms with Gasteiger partial charge in [0.15, 0.2) is 0 Å². The van der Waals surface area contributed by atoms with Gasteiger partial charge >= 0.3 is 6.01 Å². The average molecular weight is 140 g/mol. The van der Waals surface area contributed by atoms with Crippen LogP contribution in [-0.4, -0.2) is 20.9 Å². The zero-order valence-corrected chi connectivity index (χ0v) is 5.61. The molecule has 0 saturated carbocycles. The van der Waals surface area contributed by atoms with Crippen molar-refractivity contribution in [2.75, 3.05) is 5.73 Å². The van der Waals surface area contributed by atoms with Crippen molar-refractivity contribution in [3.63, 3.8) is 0 Å². The van der Waals surface area contributed by atoms with Gasteiger partial charge in [-0.15, -0.1) is 5.10 Å². The van der Waals surface area contributed by atoms with Crippen molar-refractivity contribution in [2.45, 2.75) is 19.6 Å². The molecule has 5 heteroatoms. The zero-order chi connectivity index (χ0) is 7.14. The van der Waals surface area contributed by atoms with Crippen LogP contribution in [0.5, 0.6) is 6.01 Å². The Hall–Kier alpha value is -1.26. The maximum absolute atomic E-state index is 5.31. The molecule has 2 heterocycles. The molecule has 54 valence electrons. The van der Waals surface area contributed by atoms with Gasteiger partial charge in [-0.1, -0.05) is 0 Å². The Bertz CT molecular complexity index is 233. The van der Waals surface area contributed by atoms with Gasteiger partial charge < -0.3 is 10.5 Å². The van der Waals surface area contributed by atoms with Gasteiger partial charge in [-0.25, -0.2) is 4.68 Å². The topological polar surface area (TPSA) is 66.0 Å². The molecule has 1 aromatic heterocycles. The average Bonchev–Trinajstić information content (AvgIpc) is 2.21. The lowest BCUT2D eigenvalue weighted by Gasteiger charge is -1.97. The van der Waals surface area contributed by atoms with Crippen LogP contribution < -0.4 is 10.5 Å². The lowest BCUT2D eigenvalue weighted by atomic mass is 10.4. The number of aromatic nitrogens is 3. The summed E-state index contributed by atoms with van der Waals surface area (Å²) in [6.07, 6.45) is 0.176. The van der Waals surface area contributed by atoms with Gasteiger partial charge in [-0.3, -0.25) is 0 Å². The minimum atomic E-state index is 0.176. The van der Waals surface area contributed by atoms with Crippen molar-refractivity contribution in [3.8, 4) is 6.01 Å². The first-order chi connectivity index (χ1) is 4.75. The Morgan fingerprint density at radius 1 is 1.80 bits per heavy atom. The molecule has 5 nitrogen and oxygen atoms in total. The third-order valence-electron chi connectivity index (χ3n) is 1.39. The van der Waals surface area contributed by atoms with Crippen LogP contribution in [-0.2, 0) is 6.54 Å². The zero-order valence-electron chi connectivity index (χ0n) is 5.61. The predicted molar refractivity (Wildman–Crippen MR) is 34.5 cm³/mol. The van der Waals surface area contributed by atoms with Crippen molar-refractivity contribution < 1.29 is 4.74 Å². The van der Waals surface area contributed by atoms with Crippen LogP contribution in [0.4, 0.5) is 5.95 Å². The molecule has 0 aliphatic carbocycles. The number of hydrogen-bond acceptors (Lipinski definition) is 4. The molecule has 1 atom stereocenters. The number of rotatable bonds is 0. The van der Waals surface area contributed by atoms with Gasteiger partial charge in [-0.05, 0) is 6.92 Å². The summed E-state index contributed by atoms with van der Waals surface area (Å²) in [6, 6.07) is 0.532. The predicted octanol–water partition coefficient (Wildman–Crippen LogP) is -0.359. The van der Waals surface area contributed by atoms with E-state index in [2.05, 4.69) is 10.1 Å². The highest BCUT2D eigenvalue weighted by Crippen LogP contribution is 2.18. The van der Waals surface area contributed by atoms with Crippen LogP contribution in [0.15, 0.2) is 0 Å². The summed E-state index contributed by atoms with van der Waals surface area (Å²) < 4.78 is 6.90. The lowest BCUT2D eigenvalue weighted by Crippen LogP contribution is -2.09. The molecule has 1 aromatic rings. The van der Waals surface area contributed by atoms with Crippen molar-refractivity contribution in [3.05, 3.63) is 0 Å². The van der Waals surface area contributed by atoms with E-state index in [-0.39, 0.29) is 12.1 Å². The summed E-state index contributed by atoms with van der Waals surface area (Å²) in [4.78, 5) is 3.85. The second kappa shape index (κ2) is 1.62. The molecule has 0 saturated heterocycles. The Kier molecular flexibility index (Phi) is 0.893. The molecule has 0 bridgehead atoms. The molecule has 0 amide bonds. The monoisotopic (exact) mass is 140 g/mol. The maximum Gasteiger partial charge on any atom is 0.317 e. The Balaban J connectivity index is 2.39. The summed E-state index contributed by atoms with van der Waals surface area (Å²) in [6.45, 7) is 2.71. The molecular formula is C5H8N4O. The molecule has 0 spiro atoms. The normalized spacial score (nSPS) is 22.3. The minimum Gasteiger partial charge on any atom is -0.459 e. The number of anilines is 1. The van der Waals surface area contributed by atoms with Gasteiger partial charge in [0.05, 0.1) is 6.54 Å². The van der Waals surface area contributed by atoms with Gasteiger partial charge in [-0.2, -0.15) is 4.98 Å². The summed E-state index contributed by atoms with van der Waals surface area (Å²) in [5, 5.41) is 3.90. The molecule has 10 heavy (non-hydrogen) atoms. The van der Waals surface area contributed by atoms with E-state index in [4.69, 9.17) is 10.5 Å². The number of ether oxygens (including phenoxy) is 1. The van der Waals surface area contributed by atoms with Crippen LogP contribution in [0.25, 0.3) is 0 Å². The summed E-state index contributed by atoms with van der Waals surface area (Å²) in [5.74, 6) is 0.280. The first-order valence-electron chi connectivity index (χ1n) is 3.12. The quantitative estimate of drug-likeness (QED) is 0.534. The van der Waals surface area contributed by atoms with Crippen molar-refractivity contribution >= 4 is 5.95 Å². The molecule has 1 aliphatic rings. The summed E-state index contributed by atoms with van der Waals surface area (Å²) in [7, 11) is 0. The molecule has 1 aliphatic heterocycles. The van der Waals surface area contributed by atoms with Gasteiger partial charge in [0.2, 0.25) is 5.95 Å². The molecule has 1 unspecified atom stereocenters. The molecule has 0 fully saturated rings. The highest BCUT2D eigenvalue weighted by molar-refractivity contribution is 5.18. The fraction of sp³-hybridized carbons (Fsp3) is 0.600. The van der Waals surface area contributed by atoms with E-state index in [1.165, 1.54) is 0 Å². The van der Waals surface area contributed by atoms with E-state index in [1.54, 1.807) is 4.68 Å². The first-order valence-corrected chi connectivity index (χ1v) is 3.12. The van der Waals surface area contributed by atoms with E-state index in [9.17, 15) is 0 Å². The Morgan fingerprint density at radius 2 is 2.60 bits per heavy atom. The largest absolute Gasteiger partial charge is 0.459 e. The Labute approximate surface area is 57.8 Å².